The van der Waals surface area contributed by atoms with Crippen LogP contribution in [0.3, 0.4) is 0 Å². The molecule has 1 aromatic heterocycles. The molecular weight excluding hydrogens is 442 g/mol. The van der Waals surface area contributed by atoms with Crippen molar-refractivity contribution in [3.05, 3.63) is 102 Å². The highest BCUT2D eigenvalue weighted by atomic mass is 16.5. The first kappa shape index (κ1) is 24.1. The third-order valence-corrected chi connectivity index (χ3v) is 6.11. The lowest BCUT2D eigenvalue weighted by atomic mass is 10.0. The summed E-state index contributed by atoms with van der Waals surface area (Å²) in [4.78, 5) is 40.9. The molecule has 1 aliphatic rings. The number of carbonyl (C=O) groups excluding carboxylic acids is 3. The third-order valence-electron chi connectivity index (χ3n) is 6.11. The molecule has 2 amide bonds. The molecule has 0 saturated carbocycles. The standard InChI is InChI=1S/C28H29N3O4/c32-26(20-30-16-8-3-9-17-30)25-15-10-18-31(25)27(33)24(19-22-11-4-1-5-12-22)29-28(34)35-21-23-13-6-2-7-14-23/h1-9,11-14,16-17,24-25H,10,15,18-21H2/p+1. The summed E-state index contributed by atoms with van der Waals surface area (Å²) in [5, 5.41) is 2.75. The van der Waals surface area contributed by atoms with Crippen molar-refractivity contribution >= 4 is 17.8 Å². The maximum Gasteiger partial charge on any atom is 0.408 e. The molecule has 1 saturated heterocycles. The topological polar surface area (TPSA) is 79.6 Å². The van der Waals surface area contributed by atoms with E-state index in [1.165, 1.54) is 0 Å². The molecule has 7 nitrogen and oxygen atoms in total. The number of aromatic nitrogens is 1. The van der Waals surface area contributed by atoms with Gasteiger partial charge in [-0.15, -0.1) is 0 Å². The molecule has 180 valence electrons. The molecule has 1 N–H and O–H groups in total. The molecule has 2 unspecified atom stereocenters. The summed E-state index contributed by atoms with van der Waals surface area (Å²) in [5.41, 5.74) is 1.77. The average molecular weight is 473 g/mol. The second-order valence-electron chi connectivity index (χ2n) is 8.65. The summed E-state index contributed by atoms with van der Waals surface area (Å²) >= 11 is 0. The van der Waals surface area contributed by atoms with Gasteiger partial charge in [-0.1, -0.05) is 66.7 Å². The van der Waals surface area contributed by atoms with Gasteiger partial charge in [0.15, 0.2) is 12.4 Å². The Hall–Kier alpha value is -4.00. The van der Waals surface area contributed by atoms with E-state index in [1.807, 2.05) is 95.8 Å². The lowest BCUT2D eigenvalue weighted by Crippen LogP contribution is -2.54. The van der Waals surface area contributed by atoms with Crippen molar-refractivity contribution in [2.75, 3.05) is 6.54 Å². The second kappa shape index (κ2) is 11.9. The number of ketones is 1. The van der Waals surface area contributed by atoms with E-state index >= 15 is 0 Å². The Balaban J connectivity index is 1.45. The predicted molar refractivity (Wildman–Crippen MR) is 130 cm³/mol. The molecule has 1 aliphatic heterocycles. The number of amides is 2. The summed E-state index contributed by atoms with van der Waals surface area (Å²) in [6, 6.07) is 23.2. The van der Waals surface area contributed by atoms with Crippen LogP contribution in [0.15, 0.2) is 91.3 Å². The molecule has 7 heteroatoms. The highest BCUT2D eigenvalue weighted by molar-refractivity contribution is 5.92. The van der Waals surface area contributed by atoms with Crippen LogP contribution in [-0.4, -0.2) is 41.3 Å². The number of hydrogen-bond donors (Lipinski definition) is 1. The van der Waals surface area contributed by atoms with E-state index in [9.17, 15) is 14.4 Å². The van der Waals surface area contributed by atoms with Crippen LogP contribution in [0, 0.1) is 0 Å². The van der Waals surface area contributed by atoms with E-state index in [0.717, 1.165) is 17.5 Å². The monoisotopic (exact) mass is 472 g/mol. The molecule has 4 rings (SSSR count). The van der Waals surface area contributed by atoms with Crippen molar-refractivity contribution in [2.24, 2.45) is 0 Å². The Morgan fingerprint density at radius 1 is 0.914 bits per heavy atom. The number of pyridine rings is 1. The van der Waals surface area contributed by atoms with E-state index in [4.69, 9.17) is 4.74 Å². The fraction of sp³-hybridized carbons (Fsp3) is 0.286. The number of nitrogens with zero attached hydrogens (tertiary/aromatic N) is 2. The van der Waals surface area contributed by atoms with Gasteiger partial charge in [0.1, 0.15) is 12.6 Å². The third kappa shape index (κ3) is 6.76. The predicted octanol–water partition coefficient (Wildman–Crippen LogP) is 3.07. The number of nitrogens with one attached hydrogen (secondary N) is 1. The van der Waals surface area contributed by atoms with Crippen molar-refractivity contribution in [3.8, 4) is 0 Å². The molecule has 3 aromatic rings. The quantitative estimate of drug-likeness (QED) is 0.486. The van der Waals surface area contributed by atoms with Crippen molar-refractivity contribution in [2.45, 2.75) is 44.5 Å². The van der Waals surface area contributed by atoms with Crippen molar-refractivity contribution in [1.82, 2.24) is 10.2 Å². The molecule has 2 heterocycles. The number of carbonyl (C=O) groups is 3. The van der Waals surface area contributed by atoms with Gasteiger partial charge in [0, 0.05) is 25.1 Å². The van der Waals surface area contributed by atoms with E-state index in [1.54, 1.807) is 4.90 Å². The Labute approximate surface area is 205 Å². The van der Waals surface area contributed by atoms with Gasteiger partial charge in [0.25, 0.3) is 0 Å². The van der Waals surface area contributed by atoms with Crippen molar-refractivity contribution < 1.29 is 23.7 Å². The first-order valence-electron chi connectivity index (χ1n) is 11.9. The summed E-state index contributed by atoms with van der Waals surface area (Å²) in [5.74, 6) is -0.281. The number of Topliss-reactive ketones (excluding diaryl/α,β-unsaturated/α-hetero) is 1. The molecule has 0 spiro atoms. The zero-order valence-electron chi connectivity index (χ0n) is 19.6. The van der Waals surface area contributed by atoms with Crippen LogP contribution < -0.4 is 9.88 Å². The van der Waals surface area contributed by atoms with Crippen molar-refractivity contribution in [3.63, 3.8) is 0 Å². The van der Waals surface area contributed by atoms with Gasteiger partial charge >= 0.3 is 6.09 Å². The molecule has 35 heavy (non-hydrogen) atoms. The maximum absolute atomic E-state index is 13.6. The Bertz CT molecular complexity index is 1120. The number of rotatable bonds is 9. The van der Waals surface area contributed by atoms with Crippen LogP contribution in [0.4, 0.5) is 4.79 Å². The largest absolute Gasteiger partial charge is 0.445 e. The van der Waals surface area contributed by atoms with Gasteiger partial charge in [0.2, 0.25) is 18.2 Å². The second-order valence-corrected chi connectivity index (χ2v) is 8.65. The molecule has 2 aromatic carbocycles. The number of hydrogen-bond acceptors (Lipinski definition) is 4. The van der Waals surface area contributed by atoms with E-state index in [-0.39, 0.29) is 24.8 Å². The van der Waals surface area contributed by atoms with Crippen molar-refractivity contribution in [1.29, 1.82) is 0 Å². The van der Waals surface area contributed by atoms with Gasteiger partial charge in [-0.05, 0) is 24.0 Å². The number of likely N-dealkylation sites (tertiary alicyclic amines) is 1. The molecule has 1 fully saturated rings. The molecular formula is C28H30N3O4+. The lowest BCUT2D eigenvalue weighted by molar-refractivity contribution is -0.684. The summed E-state index contributed by atoms with van der Waals surface area (Å²) in [6.45, 7) is 0.796. The number of alkyl carbamates (subject to hydrolysis) is 1. The van der Waals surface area contributed by atoms with E-state index in [2.05, 4.69) is 5.32 Å². The van der Waals surface area contributed by atoms with Crippen LogP contribution in [0.2, 0.25) is 0 Å². The lowest BCUT2D eigenvalue weighted by Gasteiger charge is -2.28. The van der Waals surface area contributed by atoms with Crippen LogP contribution >= 0.6 is 0 Å². The summed E-state index contributed by atoms with van der Waals surface area (Å²) in [7, 11) is 0. The Morgan fingerprint density at radius 2 is 1.54 bits per heavy atom. The van der Waals surface area contributed by atoms with Gasteiger partial charge in [0.05, 0.1) is 6.04 Å². The fourth-order valence-electron chi connectivity index (χ4n) is 4.35. The Kier molecular flexibility index (Phi) is 8.22. The van der Waals surface area contributed by atoms with E-state index in [0.29, 0.717) is 19.4 Å². The molecule has 2 atom stereocenters. The minimum atomic E-state index is -0.835. The van der Waals surface area contributed by atoms with Gasteiger partial charge in [-0.25, -0.2) is 4.79 Å². The molecule has 0 radical (unpaired) electrons. The normalized spacial score (nSPS) is 15.9. The highest BCUT2D eigenvalue weighted by Crippen LogP contribution is 2.20. The maximum atomic E-state index is 13.6. The van der Waals surface area contributed by atoms with Crippen LogP contribution in [0.1, 0.15) is 24.0 Å². The summed E-state index contributed by atoms with van der Waals surface area (Å²) in [6.07, 6.45) is 4.69. The number of benzene rings is 2. The smallest absolute Gasteiger partial charge is 0.408 e. The van der Waals surface area contributed by atoms with Gasteiger partial charge in [-0.3, -0.25) is 9.59 Å². The van der Waals surface area contributed by atoms with Gasteiger partial charge < -0.3 is 15.0 Å². The zero-order valence-corrected chi connectivity index (χ0v) is 19.6. The van der Waals surface area contributed by atoms with E-state index < -0.39 is 18.2 Å². The first-order valence-corrected chi connectivity index (χ1v) is 11.9. The number of ether oxygens (including phenoxy) is 1. The molecule has 0 bridgehead atoms. The van der Waals surface area contributed by atoms with Crippen LogP contribution in [0.25, 0.3) is 0 Å². The summed E-state index contributed by atoms with van der Waals surface area (Å²) < 4.78 is 7.18. The minimum Gasteiger partial charge on any atom is -0.445 e. The average Bonchev–Trinajstić information content (AvgIpc) is 3.39. The highest BCUT2D eigenvalue weighted by Gasteiger charge is 2.38. The zero-order chi connectivity index (χ0) is 24.5. The molecule has 0 aliphatic carbocycles. The Morgan fingerprint density at radius 3 is 2.23 bits per heavy atom. The fourth-order valence-corrected chi connectivity index (χ4v) is 4.35. The SMILES string of the molecule is O=C(NC(Cc1ccccc1)C(=O)N1CCCC1C(=O)C[n+]1ccccc1)OCc1ccccc1. The van der Waals surface area contributed by atoms with Gasteiger partial charge in [-0.2, -0.15) is 4.57 Å². The first-order chi connectivity index (χ1) is 17.1. The van der Waals surface area contributed by atoms with Crippen LogP contribution in [-0.2, 0) is 33.9 Å². The van der Waals surface area contributed by atoms with Crippen LogP contribution in [0.5, 0.6) is 0 Å². The minimum absolute atomic E-state index is 0.0165.